The van der Waals surface area contributed by atoms with E-state index >= 15 is 0 Å². The highest BCUT2D eigenvalue weighted by Gasteiger charge is 2.11. The molecule has 0 atom stereocenters. The van der Waals surface area contributed by atoms with Crippen LogP contribution in [0.5, 0.6) is 11.5 Å². The smallest absolute Gasteiger partial charge is 0.224 e. The van der Waals surface area contributed by atoms with Gasteiger partial charge in [0.1, 0.15) is 5.82 Å². The maximum atomic E-state index is 13.1. The predicted molar refractivity (Wildman–Crippen MR) is 90.6 cm³/mol. The van der Waals surface area contributed by atoms with Crippen LogP contribution >= 0.6 is 15.9 Å². The fraction of sp³-hybridized carbons (Fsp3) is 0.235. The van der Waals surface area contributed by atoms with Crippen LogP contribution in [0, 0.1) is 5.82 Å². The monoisotopic (exact) mass is 381 g/mol. The molecule has 0 aliphatic carbocycles. The highest BCUT2D eigenvalue weighted by molar-refractivity contribution is 9.10. The molecule has 0 heterocycles. The number of benzene rings is 2. The molecule has 0 spiro atoms. The molecule has 0 radical (unpaired) electrons. The molecule has 0 saturated heterocycles. The van der Waals surface area contributed by atoms with E-state index < -0.39 is 0 Å². The normalized spacial score (nSPS) is 10.3. The van der Waals surface area contributed by atoms with Gasteiger partial charge in [0.05, 0.1) is 14.2 Å². The maximum absolute atomic E-state index is 13.1. The molecule has 2 aromatic carbocycles. The van der Waals surface area contributed by atoms with Gasteiger partial charge in [-0.05, 0) is 42.3 Å². The average Bonchev–Trinajstić information content (AvgIpc) is 2.53. The zero-order valence-electron chi connectivity index (χ0n) is 12.9. The molecule has 23 heavy (non-hydrogen) atoms. The first-order chi connectivity index (χ1) is 11.0. The van der Waals surface area contributed by atoms with Crippen LogP contribution in [0.1, 0.15) is 12.0 Å². The lowest BCUT2D eigenvalue weighted by molar-refractivity contribution is -0.116. The highest BCUT2D eigenvalue weighted by atomic mass is 79.9. The van der Waals surface area contributed by atoms with E-state index in [2.05, 4.69) is 21.2 Å². The Bertz CT molecular complexity index is 706. The molecule has 0 aliphatic heterocycles. The number of aryl methyl sites for hydroxylation is 1. The van der Waals surface area contributed by atoms with Crippen molar-refractivity contribution in [2.45, 2.75) is 12.8 Å². The summed E-state index contributed by atoms with van der Waals surface area (Å²) in [7, 11) is 3.13. The summed E-state index contributed by atoms with van der Waals surface area (Å²) in [5.41, 5.74) is 1.37. The molecule has 0 bridgehead atoms. The first-order valence-electron chi connectivity index (χ1n) is 6.99. The number of halogens is 2. The van der Waals surface area contributed by atoms with E-state index in [0.29, 0.717) is 23.6 Å². The van der Waals surface area contributed by atoms with Crippen LogP contribution < -0.4 is 14.8 Å². The molecular weight excluding hydrogens is 365 g/mol. The molecule has 4 nitrogen and oxygen atoms in total. The number of hydrogen-bond acceptors (Lipinski definition) is 3. The summed E-state index contributed by atoms with van der Waals surface area (Å²) in [4.78, 5) is 12.0. The molecule has 0 aromatic heterocycles. The van der Waals surface area contributed by atoms with Crippen LogP contribution in [0.4, 0.5) is 10.1 Å². The maximum Gasteiger partial charge on any atom is 0.224 e. The lowest BCUT2D eigenvalue weighted by atomic mass is 10.1. The number of anilines is 1. The van der Waals surface area contributed by atoms with Crippen molar-refractivity contribution in [2.24, 2.45) is 0 Å². The summed E-state index contributed by atoms with van der Waals surface area (Å²) in [5, 5.41) is 2.67. The minimum absolute atomic E-state index is 0.183. The summed E-state index contributed by atoms with van der Waals surface area (Å²) < 4.78 is 24.4. The van der Waals surface area contributed by atoms with Gasteiger partial charge < -0.3 is 14.8 Å². The first-order valence-corrected chi connectivity index (χ1v) is 7.78. The Morgan fingerprint density at radius 1 is 1.17 bits per heavy atom. The minimum atomic E-state index is -0.384. The van der Waals surface area contributed by atoms with Crippen molar-refractivity contribution in [3.05, 3.63) is 52.3 Å². The van der Waals surface area contributed by atoms with Crippen molar-refractivity contribution in [2.75, 3.05) is 19.5 Å². The van der Waals surface area contributed by atoms with Gasteiger partial charge in [-0.2, -0.15) is 0 Å². The van der Waals surface area contributed by atoms with Gasteiger partial charge in [0.15, 0.2) is 11.5 Å². The lowest BCUT2D eigenvalue weighted by Gasteiger charge is -2.12. The van der Waals surface area contributed by atoms with E-state index in [1.807, 2.05) is 6.07 Å². The van der Waals surface area contributed by atoms with E-state index in [9.17, 15) is 9.18 Å². The van der Waals surface area contributed by atoms with Gasteiger partial charge in [0, 0.05) is 16.6 Å². The van der Waals surface area contributed by atoms with Crippen molar-refractivity contribution in [1.29, 1.82) is 0 Å². The Kier molecular flexibility index (Phi) is 5.98. The number of carbonyl (C=O) groups excluding carboxylic acids is 1. The van der Waals surface area contributed by atoms with Crippen molar-refractivity contribution in [3.63, 3.8) is 0 Å². The molecule has 0 unspecified atom stereocenters. The molecule has 6 heteroatoms. The second kappa shape index (κ2) is 7.97. The van der Waals surface area contributed by atoms with E-state index in [4.69, 9.17) is 9.47 Å². The average molecular weight is 382 g/mol. The number of methoxy groups -OCH3 is 2. The summed E-state index contributed by atoms with van der Waals surface area (Å²) in [5.74, 6) is 0.659. The number of amides is 1. The Morgan fingerprint density at radius 3 is 2.52 bits per heavy atom. The highest BCUT2D eigenvalue weighted by Crippen LogP contribution is 2.33. The van der Waals surface area contributed by atoms with Crippen molar-refractivity contribution in [3.8, 4) is 11.5 Å². The molecule has 0 fully saturated rings. The fourth-order valence-corrected chi connectivity index (χ4v) is 2.65. The molecular formula is C17H17BrFNO3. The van der Waals surface area contributed by atoms with Crippen molar-refractivity contribution >= 4 is 27.5 Å². The van der Waals surface area contributed by atoms with Crippen molar-refractivity contribution < 1.29 is 18.7 Å². The molecule has 1 N–H and O–H groups in total. The Balaban J connectivity index is 2.01. The number of ether oxygens (including phenoxy) is 2. The number of nitrogens with one attached hydrogen (secondary N) is 1. The van der Waals surface area contributed by atoms with Gasteiger partial charge in [-0.3, -0.25) is 4.79 Å². The third-order valence-electron chi connectivity index (χ3n) is 3.28. The summed E-state index contributed by atoms with van der Waals surface area (Å²) in [6.45, 7) is 0. The summed E-state index contributed by atoms with van der Waals surface area (Å²) in [6.07, 6.45) is 0.784. The minimum Gasteiger partial charge on any atom is -0.493 e. The summed E-state index contributed by atoms with van der Waals surface area (Å²) in [6, 6.07) is 9.45. The molecule has 1 amide bonds. The molecule has 122 valence electrons. The zero-order valence-corrected chi connectivity index (χ0v) is 14.4. The predicted octanol–water partition coefficient (Wildman–Crippen LogP) is 4.18. The molecule has 2 rings (SSSR count). The topological polar surface area (TPSA) is 47.6 Å². The van der Waals surface area contributed by atoms with Crippen LogP contribution in [-0.2, 0) is 11.2 Å². The van der Waals surface area contributed by atoms with E-state index in [1.165, 1.54) is 12.1 Å². The number of hydrogen-bond donors (Lipinski definition) is 1. The third-order valence-corrected chi connectivity index (χ3v) is 4.02. The molecule has 2 aromatic rings. The van der Waals surface area contributed by atoms with Crippen LogP contribution in [0.25, 0.3) is 0 Å². The van der Waals surface area contributed by atoms with Crippen LogP contribution in [0.2, 0.25) is 0 Å². The molecule has 0 saturated carbocycles. The Morgan fingerprint density at radius 2 is 1.87 bits per heavy atom. The van der Waals surface area contributed by atoms with Crippen LogP contribution in [-0.4, -0.2) is 20.1 Å². The Labute approximate surface area is 142 Å². The van der Waals surface area contributed by atoms with Crippen molar-refractivity contribution in [1.82, 2.24) is 0 Å². The van der Waals surface area contributed by atoms with Gasteiger partial charge in [-0.1, -0.05) is 22.0 Å². The van der Waals surface area contributed by atoms with Gasteiger partial charge in [-0.15, -0.1) is 0 Å². The summed E-state index contributed by atoms with van der Waals surface area (Å²) >= 11 is 3.46. The van der Waals surface area contributed by atoms with Crippen LogP contribution in [0.15, 0.2) is 40.9 Å². The van der Waals surface area contributed by atoms with E-state index in [-0.39, 0.29) is 18.1 Å². The van der Waals surface area contributed by atoms with Gasteiger partial charge in [-0.25, -0.2) is 4.39 Å². The van der Waals surface area contributed by atoms with E-state index in [1.54, 1.807) is 32.4 Å². The largest absolute Gasteiger partial charge is 0.493 e. The number of rotatable bonds is 6. The zero-order chi connectivity index (χ0) is 16.8. The first kappa shape index (κ1) is 17.3. The third kappa shape index (κ3) is 4.69. The second-order valence-electron chi connectivity index (χ2n) is 4.86. The standard InChI is InChI=1S/C17H17BrFNO3/c1-22-15-8-11(14(18)10-16(15)23-2)6-7-17(21)20-13-5-3-4-12(19)9-13/h3-5,8-10H,6-7H2,1-2H3,(H,20,21). The van der Waals surface area contributed by atoms with Gasteiger partial charge >= 0.3 is 0 Å². The fourth-order valence-electron chi connectivity index (χ4n) is 2.13. The lowest BCUT2D eigenvalue weighted by Crippen LogP contribution is -2.12. The van der Waals surface area contributed by atoms with Gasteiger partial charge in [0.2, 0.25) is 5.91 Å². The van der Waals surface area contributed by atoms with E-state index in [0.717, 1.165) is 10.0 Å². The quantitative estimate of drug-likeness (QED) is 0.816. The Hall–Kier alpha value is -2.08. The second-order valence-corrected chi connectivity index (χ2v) is 5.71. The molecule has 0 aliphatic rings. The van der Waals surface area contributed by atoms with Gasteiger partial charge in [0.25, 0.3) is 0 Å². The SMILES string of the molecule is COc1cc(Br)c(CCC(=O)Nc2cccc(F)c2)cc1OC. The van der Waals surface area contributed by atoms with Crippen LogP contribution in [0.3, 0.4) is 0 Å². The number of carbonyl (C=O) groups is 1.